The van der Waals surface area contributed by atoms with E-state index in [0.29, 0.717) is 22.3 Å². The summed E-state index contributed by atoms with van der Waals surface area (Å²) < 4.78 is 0. The van der Waals surface area contributed by atoms with Crippen LogP contribution in [0.2, 0.25) is 0 Å². The molecule has 6 rings (SSSR count). The number of amides is 17. The summed E-state index contributed by atoms with van der Waals surface area (Å²) in [6, 6.07) is 2.99. The van der Waals surface area contributed by atoms with Crippen molar-refractivity contribution >= 4 is 118 Å². The van der Waals surface area contributed by atoms with Crippen LogP contribution < -0.4 is 102 Å². The van der Waals surface area contributed by atoms with Gasteiger partial charge in [0.2, 0.25) is 100 Å². The quantitative estimate of drug-likeness (QED) is 0.0138. The number of phenols is 4. The molecule has 44 heteroatoms. The van der Waals surface area contributed by atoms with E-state index in [4.69, 9.17) is 22.6 Å². The molecule has 17 amide bonds. The van der Waals surface area contributed by atoms with Gasteiger partial charge < -0.3 is 128 Å². The number of aromatic hydroxyl groups is 4. The summed E-state index contributed by atoms with van der Waals surface area (Å²) in [5.41, 5.74) is 18.2. The highest BCUT2D eigenvalue weighted by atomic mass is 32.2. The summed E-state index contributed by atoms with van der Waals surface area (Å²) >= 11 is 0.740. The minimum absolute atomic E-state index is 0.0177. The summed E-state index contributed by atoms with van der Waals surface area (Å²) in [6.45, 7) is 11.1. The molecule has 5 aromatic rings. The molecule has 0 spiro atoms. The molecule has 28 N–H and O–H groups in total. The van der Waals surface area contributed by atoms with Gasteiger partial charge >= 0.3 is 0 Å². The number of carbonyl (C=O) groups excluding carboxylic acids is 17. The van der Waals surface area contributed by atoms with Crippen molar-refractivity contribution in [3.05, 3.63) is 138 Å². The van der Waals surface area contributed by atoms with Gasteiger partial charge in [-0.3, -0.25) is 86.9 Å². The molecule has 0 saturated carbocycles. The van der Waals surface area contributed by atoms with Gasteiger partial charge in [-0.05, 0) is 133 Å². The van der Waals surface area contributed by atoms with Gasteiger partial charge in [-0.1, -0.05) is 104 Å². The number of carbonyl (C=O) groups is 17. The van der Waals surface area contributed by atoms with Gasteiger partial charge in [0, 0.05) is 50.6 Å². The van der Waals surface area contributed by atoms with E-state index < -0.39 is 222 Å². The first-order valence-electron chi connectivity index (χ1n) is 42.7. The van der Waals surface area contributed by atoms with E-state index in [9.17, 15) is 78.0 Å². The zero-order chi connectivity index (χ0) is 96.7. The zero-order valence-corrected chi connectivity index (χ0v) is 75.0. The molecule has 1 saturated heterocycles. The van der Waals surface area contributed by atoms with Crippen LogP contribution in [0, 0.1) is 29.1 Å². The third-order valence-corrected chi connectivity index (χ3v) is 21.2. The van der Waals surface area contributed by atoms with Crippen molar-refractivity contribution in [2.75, 3.05) is 37.7 Å². The number of phenolic OH excluding ortho intramolecular Hbond substituents is 4. The second-order valence-electron chi connectivity index (χ2n) is 33.5. The molecule has 12 atom stereocenters. The van der Waals surface area contributed by atoms with Gasteiger partial charge in [-0.2, -0.15) is 0 Å². The second kappa shape index (κ2) is 53.0. The van der Waals surface area contributed by atoms with Crippen LogP contribution in [0.1, 0.15) is 128 Å². The topological polar surface area (TPSA) is 694 Å². The Morgan fingerprint density at radius 3 is 1.07 bits per heavy atom. The lowest BCUT2D eigenvalue weighted by atomic mass is 9.98. The lowest BCUT2D eigenvalue weighted by Gasteiger charge is -2.29. The number of aromatic amines is 1. The van der Waals surface area contributed by atoms with Crippen molar-refractivity contribution in [1.29, 1.82) is 5.41 Å². The Balaban J connectivity index is 1.46. The highest BCUT2D eigenvalue weighted by Gasteiger charge is 2.39. The van der Waals surface area contributed by atoms with Gasteiger partial charge in [0.25, 0.3) is 0 Å². The van der Waals surface area contributed by atoms with Crippen molar-refractivity contribution in [3.63, 3.8) is 0 Å². The van der Waals surface area contributed by atoms with Crippen LogP contribution in [-0.2, 0) is 114 Å². The van der Waals surface area contributed by atoms with Crippen molar-refractivity contribution in [1.82, 2.24) is 95.0 Å². The Morgan fingerprint density at radius 1 is 0.397 bits per heavy atom. The van der Waals surface area contributed by atoms with E-state index in [-0.39, 0.29) is 124 Å². The minimum Gasteiger partial charge on any atom is -0.508 e. The fraction of sp³-hybridized carbons (Fsp3) is 0.483. The third kappa shape index (κ3) is 38.8. The van der Waals surface area contributed by atoms with Crippen LogP contribution in [0.4, 0.5) is 0 Å². The molecule has 43 nitrogen and oxygen atoms in total. The average Bonchev–Trinajstić information content (AvgIpc) is 1.30. The van der Waals surface area contributed by atoms with Crippen molar-refractivity contribution in [2.45, 2.75) is 205 Å². The van der Waals surface area contributed by atoms with Gasteiger partial charge in [0.05, 0.1) is 43.8 Å². The maximum atomic E-state index is 15.4. The summed E-state index contributed by atoms with van der Waals surface area (Å²) in [5.74, 6) is -20.6. The molecule has 131 heavy (non-hydrogen) atoms. The fourth-order valence-electron chi connectivity index (χ4n) is 13.7. The molecular weight excluding hydrogens is 1720 g/mol. The number of aromatic nitrogens is 2. The van der Waals surface area contributed by atoms with Crippen LogP contribution in [-0.4, -0.2) is 247 Å². The first-order chi connectivity index (χ1) is 61.9. The Hall–Kier alpha value is -14.1. The summed E-state index contributed by atoms with van der Waals surface area (Å²) in [7, 11) is 0. The lowest BCUT2D eigenvalue weighted by molar-refractivity contribution is -0.136. The van der Waals surface area contributed by atoms with Crippen LogP contribution in [0.5, 0.6) is 23.0 Å². The van der Waals surface area contributed by atoms with Crippen molar-refractivity contribution < 1.29 is 102 Å². The van der Waals surface area contributed by atoms with E-state index in [1.165, 1.54) is 110 Å². The monoisotopic (exact) mass is 1840 g/mol. The van der Waals surface area contributed by atoms with E-state index in [1.807, 2.05) is 0 Å². The Bertz CT molecular complexity index is 4760. The predicted octanol–water partition coefficient (Wildman–Crippen LogP) is -3.53. The molecule has 0 unspecified atom stereocenters. The number of rotatable bonds is 27. The summed E-state index contributed by atoms with van der Waals surface area (Å²) in [6.07, 6.45) is -0.497. The molecule has 712 valence electrons. The number of nitrogens with zero attached hydrogens (tertiary/aromatic N) is 1. The largest absolute Gasteiger partial charge is 0.508 e. The highest BCUT2D eigenvalue weighted by molar-refractivity contribution is 8.00. The maximum absolute atomic E-state index is 15.4. The number of hydrogen-bond donors (Lipinski definition) is 25. The average molecular weight is 1840 g/mol. The number of thioether (sulfide) groups is 1. The van der Waals surface area contributed by atoms with Gasteiger partial charge in [0.15, 0.2) is 5.96 Å². The lowest BCUT2D eigenvalue weighted by Crippen LogP contribution is -2.61. The number of H-pyrrole nitrogens is 1. The molecule has 0 bridgehead atoms. The number of nitrogens with one attached hydrogen (secondary N) is 18. The van der Waals surface area contributed by atoms with Crippen LogP contribution in [0.25, 0.3) is 0 Å². The van der Waals surface area contributed by atoms with Gasteiger partial charge in [-0.25, -0.2) is 4.98 Å². The Labute approximate surface area is 761 Å². The molecule has 0 radical (unpaired) electrons. The molecule has 1 aliphatic rings. The van der Waals surface area contributed by atoms with Crippen molar-refractivity contribution in [3.8, 4) is 23.0 Å². The van der Waals surface area contributed by atoms with Gasteiger partial charge in [-0.15, -0.1) is 11.8 Å². The predicted molar refractivity (Wildman–Crippen MR) is 479 cm³/mol. The summed E-state index contributed by atoms with van der Waals surface area (Å²) in [5, 5.41) is 90.2. The number of imidazole rings is 1. The molecule has 4 aromatic carbocycles. The normalized spacial score (nSPS) is 22.2. The maximum Gasteiger partial charge on any atom is 0.243 e. The first-order valence-corrected chi connectivity index (χ1v) is 43.9. The van der Waals surface area contributed by atoms with Crippen LogP contribution in [0.3, 0.4) is 0 Å². The fourth-order valence-corrected chi connectivity index (χ4v) is 14.5. The second-order valence-corrected chi connectivity index (χ2v) is 34.5. The SMILES string of the molecule is CC(C)C[C@@H]1NC(=O)[C@H](CC(N)=O)NC(=O)CNC(=O)[C@H](Cc2ccc(O)cc2)NC(=O)[C@H](CC(C)C)NC(=O)[C@H](CC(C)C)NC(=O)[C@H](CCCNC(=N)N)NC(=O)[C@H](Cc2ccc(O)cc2)NC(=O)[C@H](Cc2ccc(O)cc2)NC(=O)[C@H](CC(C)C)NC(=O)[C@H](Cc2c[nH]cn2)NC(=O)[C@H](Cc2ccc(O)cc2)NC(=O)CSC[C@@H](C(=O)NCC(N)=O)NC(=O)CNC1=O. The zero-order valence-electron chi connectivity index (χ0n) is 74.2. The molecule has 1 aromatic heterocycles. The van der Waals surface area contributed by atoms with Gasteiger partial charge in [0.1, 0.15) is 95.5 Å². The van der Waals surface area contributed by atoms with E-state index >= 15 is 24.0 Å². The molecular formula is C87H122N22O21S. The number of nitrogens with two attached hydrogens (primary N) is 3. The van der Waals surface area contributed by atoms with Crippen molar-refractivity contribution in [2.24, 2.45) is 40.9 Å². The Morgan fingerprint density at radius 2 is 0.710 bits per heavy atom. The van der Waals surface area contributed by atoms with Crippen LogP contribution >= 0.6 is 11.8 Å². The molecule has 1 aliphatic heterocycles. The molecule has 2 heterocycles. The third-order valence-electron chi connectivity index (χ3n) is 20.1. The first kappa shape index (κ1) is 106. The summed E-state index contributed by atoms with van der Waals surface area (Å²) in [4.78, 5) is 251. The number of guanidine groups is 1. The Kier molecular flexibility index (Phi) is 42.8. The molecule has 1 fully saturated rings. The molecule has 0 aliphatic carbocycles. The number of benzene rings is 4. The minimum atomic E-state index is -1.82. The number of primary amides is 2. The van der Waals surface area contributed by atoms with E-state index in [0.717, 1.165) is 11.8 Å². The smallest absolute Gasteiger partial charge is 0.243 e. The van der Waals surface area contributed by atoms with Crippen LogP contribution in [0.15, 0.2) is 110 Å². The highest BCUT2D eigenvalue weighted by Crippen LogP contribution is 2.21. The van der Waals surface area contributed by atoms with E-state index in [2.05, 4.69) is 95.0 Å². The standard InChI is InChI=1S/C87H122N22O21S/c1-45(2)28-59-75(119)95-41-73(117)100-69(77(121)94-39-71(89)115)42-131-43-74(118)99-64(33-50-13-21-55(111)22-14-50)82(126)109-67(36-53-38-92-44-97-53)85(129)105-62(31-48(7)8)81(125)107-66(35-52-17-25-57(113)26-18-52)84(128)108-65(34-51-15-23-56(112)24-16-51)83(127)101-58(10-9-27-93-87(90)91)78(122)103-60(29-46(3)4)79(123)104-61(30-47(5)6)80(124)106-63(32-49-11-19-54(110)20-12-49)76(120)96-40-72(116)98-68(37-70(88)114)86(130)102-59/h11-26,38,44-48,58-69,110-113H,9-10,27-37,39-43H2,1-8H3,(H2,88,114)(H2,89,115)(H,92,97)(H,94,121)(H,95,119)(H,96,120)(H,98,116)(H,99,118)(H,100,117)(H,101,127)(H,102,130)(H,103,122)(H,104,123)(H,105,129)(H,106,124)(H,107,125)(H,108,128)(H,109,126)(H4,90,91,93)/t58-,59-,60-,61-,62-,63-,64-,65-,66-,67-,68-,69-/m0/s1. The number of hydrogen-bond acceptors (Lipinski definition) is 24. The van der Waals surface area contributed by atoms with E-state index in [1.54, 1.807) is 55.4 Å².